The lowest BCUT2D eigenvalue weighted by Gasteiger charge is -2.18. The van der Waals surface area contributed by atoms with E-state index in [1.54, 1.807) is 0 Å². The van der Waals surface area contributed by atoms with Crippen molar-refractivity contribution in [1.29, 1.82) is 0 Å². The van der Waals surface area contributed by atoms with Gasteiger partial charge < -0.3 is 0 Å². The second kappa shape index (κ2) is 45.0. The number of hydrogen-bond donors (Lipinski definition) is 0. The molecule has 0 aliphatic rings. The number of fused-ring (bicyclic) bond motifs is 8. The average Bonchev–Trinajstić information content (AvgIpc) is 0.707. The molecule has 117 heavy (non-hydrogen) atoms. The monoisotopic (exact) mass is 1520 g/mol. The Morgan fingerprint density at radius 2 is 0.547 bits per heavy atom. The van der Waals surface area contributed by atoms with Crippen molar-refractivity contribution in [3.8, 4) is 11.1 Å². The Balaban J connectivity index is 0.000000138. The summed E-state index contributed by atoms with van der Waals surface area (Å²) in [5.74, 6) is 0. The molecule has 19 rings (SSSR count). The number of aryl methyl sites for hydroxylation is 8. The number of allylic oxidation sites excluding steroid dienone is 2. The minimum absolute atomic E-state index is 0.285. The van der Waals surface area contributed by atoms with Gasteiger partial charge in [0.2, 0.25) is 0 Å². The molecule has 0 nitrogen and oxygen atoms in total. The quantitative estimate of drug-likeness (QED) is 0.154. The molecule has 0 fully saturated rings. The van der Waals surface area contributed by atoms with Crippen molar-refractivity contribution in [3.63, 3.8) is 0 Å². The third-order valence-electron chi connectivity index (χ3n) is 20.4. The van der Waals surface area contributed by atoms with E-state index < -0.39 is 0 Å². The lowest BCUT2D eigenvalue weighted by molar-refractivity contribution is 0.590. The first-order chi connectivity index (χ1) is 56.9. The van der Waals surface area contributed by atoms with E-state index in [9.17, 15) is 0 Å². The van der Waals surface area contributed by atoms with E-state index in [1.807, 2.05) is 74.5 Å². The molecule has 0 spiro atoms. The minimum atomic E-state index is 0.285. The molecule has 0 heterocycles. The molecule has 0 saturated heterocycles. The van der Waals surface area contributed by atoms with Crippen molar-refractivity contribution in [2.75, 3.05) is 0 Å². The molecule has 0 atom stereocenters. The smallest absolute Gasteiger partial charge is 0.0132 e. The van der Waals surface area contributed by atoms with E-state index >= 15 is 0 Å². The fourth-order valence-corrected chi connectivity index (χ4v) is 13.9. The summed E-state index contributed by atoms with van der Waals surface area (Å²) in [5, 5.41) is 21.3. The highest BCUT2D eigenvalue weighted by atomic mass is 14.2. The summed E-state index contributed by atoms with van der Waals surface area (Å²) in [5.41, 5.74) is 17.6. The van der Waals surface area contributed by atoms with Crippen LogP contribution < -0.4 is 0 Å². The van der Waals surface area contributed by atoms with Crippen LogP contribution in [0.3, 0.4) is 0 Å². The van der Waals surface area contributed by atoms with Crippen LogP contribution in [0.15, 0.2) is 431 Å². The van der Waals surface area contributed by atoms with Crippen molar-refractivity contribution in [1.82, 2.24) is 0 Å². The lowest BCUT2D eigenvalue weighted by atomic mass is 9.87. The normalized spacial score (nSPS) is 10.6. The van der Waals surface area contributed by atoms with Gasteiger partial charge in [0.25, 0.3) is 0 Å². The van der Waals surface area contributed by atoms with Gasteiger partial charge in [-0.2, -0.15) is 0 Å². The molecule has 0 aromatic heterocycles. The van der Waals surface area contributed by atoms with E-state index in [1.165, 1.54) is 159 Å². The highest BCUT2D eigenvalue weighted by Crippen LogP contribution is 2.30. The number of hydrogen-bond acceptors (Lipinski definition) is 0. The Bertz CT molecular complexity index is 6130. The maximum absolute atomic E-state index is 2.28. The van der Waals surface area contributed by atoms with Crippen molar-refractivity contribution in [2.45, 2.75) is 102 Å². The Labute approximate surface area is 698 Å². The molecule has 0 N–H and O–H groups in total. The van der Waals surface area contributed by atoms with Gasteiger partial charge in [-0.3, -0.25) is 0 Å². The number of rotatable bonds is 4. The van der Waals surface area contributed by atoms with E-state index in [-0.39, 0.29) is 5.41 Å². The second-order valence-electron chi connectivity index (χ2n) is 30.6. The zero-order valence-electron chi connectivity index (χ0n) is 70.9. The highest BCUT2D eigenvalue weighted by Gasteiger charge is 2.12. The molecule has 0 bridgehead atoms. The average molecular weight is 1520 g/mol. The van der Waals surface area contributed by atoms with Crippen molar-refractivity contribution in [2.24, 2.45) is 0 Å². The minimum Gasteiger partial charge on any atom is -0.0871 e. The van der Waals surface area contributed by atoms with Crippen LogP contribution in [-0.4, -0.2) is 0 Å². The van der Waals surface area contributed by atoms with Crippen LogP contribution in [0.4, 0.5) is 0 Å². The van der Waals surface area contributed by atoms with Gasteiger partial charge in [0, 0.05) is 0 Å². The van der Waals surface area contributed by atoms with Crippen LogP contribution in [0, 0.1) is 48.5 Å². The molecular weight excluding hydrogens is 1410 g/mol. The maximum Gasteiger partial charge on any atom is -0.0132 e. The largest absolute Gasteiger partial charge is 0.0871 e. The lowest BCUT2D eigenvalue weighted by Crippen LogP contribution is -2.10. The molecule has 0 aliphatic carbocycles. The van der Waals surface area contributed by atoms with E-state index in [4.69, 9.17) is 0 Å². The second-order valence-corrected chi connectivity index (χ2v) is 30.6. The molecule has 582 valence electrons. The highest BCUT2D eigenvalue weighted by molar-refractivity contribution is 6.03. The molecule has 0 unspecified atom stereocenters. The van der Waals surface area contributed by atoms with Gasteiger partial charge in [-0.05, 0) is 241 Å². The fraction of sp³-hybridized carbons (Fsp3) is 0.128. The van der Waals surface area contributed by atoms with E-state index in [0.717, 1.165) is 6.42 Å². The maximum atomic E-state index is 2.28. The van der Waals surface area contributed by atoms with E-state index in [0.29, 0.717) is 0 Å². The Morgan fingerprint density at radius 1 is 0.222 bits per heavy atom. The summed E-state index contributed by atoms with van der Waals surface area (Å²) in [4.78, 5) is 0. The first-order valence-corrected chi connectivity index (χ1v) is 41.1. The van der Waals surface area contributed by atoms with Crippen molar-refractivity contribution < 1.29 is 0 Å². The van der Waals surface area contributed by atoms with Crippen LogP contribution >= 0.6 is 0 Å². The Kier molecular flexibility index (Phi) is 33.1. The first-order valence-electron chi connectivity index (χ1n) is 41.1. The molecule has 19 aromatic rings. The third kappa shape index (κ3) is 26.9. The predicted molar refractivity (Wildman–Crippen MR) is 521 cm³/mol. The molecule has 0 radical (unpaired) electrons. The van der Waals surface area contributed by atoms with Gasteiger partial charge in [-0.15, -0.1) is 0 Å². The van der Waals surface area contributed by atoms with Crippen molar-refractivity contribution >= 4 is 98.3 Å². The topological polar surface area (TPSA) is 0 Å². The molecule has 19 aromatic carbocycles. The molecule has 0 aliphatic heterocycles. The summed E-state index contributed by atoms with van der Waals surface area (Å²) >= 11 is 0. The summed E-state index contributed by atoms with van der Waals surface area (Å²) in [6, 6.07) is 147. The summed E-state index contributed by atoms with van der Waals surface area (Å²) in [6.45, 7) is 27.9. The SMILES string of the molecule is C/C=C/c1ccccc1.C/C=C\c1ccccc1.CCc1ccccc1.Cc1c2ccccc2cc2ccccc12.Cc1ccc(C(C)(C)C)cc1.Cc1ccc2cc3ccccc3cc2c1.Cc1ccc2ccccc2c1.Cc1cccc(-c2ccccc2)c1.Cc1cccc2cc3ccccc3cc12.Cc1cccc2ccccc12. The van der Waals surface area contributed by atoms with Gasteiger partial charge in [0.1, 0.15) is 0 Å². The fourth-order valence-electron chi connectivity index (χ4n) is 13.9. The van der Waals surface area contributed by atoms with Crippen LogP contribution in [0.2, 0.25) is 0 Å². The predicted octanol–water partition coefficient (Wildman–Crippen LogP) is 33.8. The van der Waals surface area contributed by atoms with Crippen LogP contribution in [0.1, 0.15) is 103 Å². The molecule has 0 saturated carbocycles. The molecule has 0 amide bonds. The Hall–Kier alpha value is -13.3. The zero-order chi connectivity index (χ0) is 82.6. The first kappa shape index (κ1) is 86.2. The summed E-state index contributed by atoms with van der Waals surface area (Å²) in [7, 11) is 0. The third-order valence-corrected chi connectivity index (χ3v) is 20.4. The zero-order valence-corrected chi connectivity index (χ0v) is 70.9. The van der Waals surface area contributed by atoms with E-state index in [2.05, 4.69) is 458 Å². The van der Waals surface area contributed by atoms with Crippen LogP contribution in [0.25, 0.3) is 109 Å². The van der Waals surface area contributed by atoms with Gasteiger partial charge in [-0.25, -0.2) is 0 Å². The van der Waals surface area contributed by atoms with Gasteiger partial charge in [-0.1, -0.05) is 463 Å². The molecular formula is C117H114. The van der Waals surface area contributed by atoms with Crippen LogP contribution in [0.5, 0.6) is 0 Å². The van der Waals surface area contributed by atoms with Gasteiger partial charge in [0.05, 0.1) is 0 Å². The molecule has 0 heteroatoms. The standard InChI is InChI=1S/3C15H12.C13H12.2C11H10.C11H16.2C9H10.C8H10/c1-11-14-8-4-2-6-12(14)10-13-7-3-5-9-15(11)13;1-11-5-4-8-14-9-12-6-2-3-7-13(12)10-15(11)14;1-11-6-7-14-9-12-4-2-3-5-13(12)10-15(14)8-11;1-11-6-5-9-13(10-11)12-7-3-2-4-8-12;1-9-5-4-7-10-6-2-3-8-11(9)10;1-9-6-7-10-4-2-3-5-11(10)8-9;1-9-5-7-10(8-6-9)11(2,3)4;2*1-2-6-9-7-4-3-5-8-9;1-2-8-6-4-3-5-7-8/h3*2-10H,1H3;2-10H,1H3;2*2-8H,1H3;5-8H,1-4H3;2*2-8H,1H3;3-7H,2H2,1H3/b;;;;;;;6-2+;6-2-;. The summed E-state index contributed by atoms with van der Waals surface area (Å²) in [6.07, 6.45) is 9.38. The van der Waals surface area contributed by atoms with Gasteiger partial charge >= 0.3 is 0 Å². The summed E-state index contributed by atoms with van der Waals surface area (Å²) < 4.78 is 0. The van der Waals surface area contributed by atoms with Gasteiger partial charge in [0.15, 0.2) is 0 Å². The Morgan fingerprint density at radius 3 is 1.03 bits per heavy atom. The van der Waals surface area contributed by atoms with Crippen molar-refractivity contribution in [3.05, 3.63) is 492 Å². The van der Waals surface area contributed by atoms with Crippen LogP contribution in [-0.2, 0) is 11.8 Å². The number of benzene rings is 19.